The summed E-state index contributed by atoms with van der Waals surface area (Å²) in [7, 11) is 0. The fraction of sp³-hybridized carbons (Fsp3) is 0.167. The van der Waals surface area contributed by atoms with E-state index < -0.39 is 0 Å². The Morgan fingerprint density at radius 3 is 2.67 bits per heavy atom. The van der Waals surface area contributed by atoms with Gasteiger partial charge in [-0.2, -0.15) is 11.3 Å². The van der Waals surface area contributed by atoms with Gasteiger partial charge in [-0.25, -0.2) is 0 Å². The van der Waals surface area contributed by atoms with Crippen LogP contribution >= 0.6 is 11.3 Å². The van der Waals surface area contributed by atoms with Crippen LogP contribution in [0.2, 0.25) is 0 Å². The molecule has 1 amide bonds. The number of nitrogens with one attached hydrogen (secondary N) is 1. The lowest BCUT2D eigenvalue weighted by atomic mass is 10.1. The highest BCUT2D eigenvalue weighted by Gasteiger charge is 2.03. The van der Waals surface area contributed by atoms with Gasteiger partial charge in [0.25, 0.3) is 0 Å². The van der Waals surface area contributed by atoms with Crippen LogP contribution in [0.3, 0.4) is 0 Å². The number of aryl methyl sites for hydroxylation is 1. The highest BCUT2D eigenvalue weighted by molar-refractivity contribution is 7.07. The van der Waals surface area contributed by atoms with E-state index in [9.17, 15) is 4.79 Å². The zero-order valence-electron chi connectivity index (χ0n) is 11.7. The van der Waals surface area contributed by atoms with Crippen LogP contribution in [0, 0.1) is 0 Å². The number of hydrogen-bond acceptors (Lipinski definition) is 2. The topological polar surface area (TPSA) is 29.1 Å². The maximum Gasteiger partial charge on any atom is 0.220 e. The Kier molecular flexibility index (Phi) is 4.31. The molecule has 0 unspecified atom stereocenters. The predicted molar refractivity (Wildman–Crippen MR) is 88.4 cm³/mol. The standard InChI is InChI=1S/C18H17NOS/c20-18(8-6-14-9-10-21-13-14)19-12-15-5-7-16-3-1-2-4-17(16)11-15/h1-5,7,9-11,13H,6,8,12H2,(H,19,20). The Morgan fingerprint density at radius 2 is 1.86 bits per heavy atom. The molecule has 1 aromatic heterocycles. The number of fused-ring (bicyclic) bond motifs is 1. The minimum Gasteiger partial charge on any atom is -0.352 e. The van der Waals surface area contributed by atoms with Gasteiger partial charge in [-0.15, -0.1) is 0 Å². The summed E-state index contributed by atoms with van der Waals surface area (Å²) in [4.78, 5) is 11.9. The maximum absolute atomic E-state index is 11.9. The van der Waals surface area contributed by atoms with E-state index in [-0.39, 0.29) is 5.91 Å². The second-order valence-corrected chi connectivity index (χ2v) is 5.87. The van der Waals surface area contributed by atoms with Crippen LogP contribution in [0.4, 0.5) is 0 Å². The fourth-order valence-corrected chi connectivity index (χ4v) is 3.03. The average Bonchev–Trinajstić information content (AvgIpc) is 3.04. The molecule has 1 N–H and O–H groups in total. The first-order chi connectivity index (χ1) is 10.3. The predicted octanol–water partition coefficient (Wildman–Crippen LogP) is 4.15. The SMILES string of the molecule is O=C(CCc1ccsc1)NCc1ccc2ccccc2c1. The third-order valence-electron chi connectivity index (χ3n) is 3.52. The van der Waals surface area contributed by atoms with Crippen molar-refractivity contribution in [1.82, 2.24) is 5.32 Å². The van der Waals surface area contributed by atoms with E-state index >= 15 is 0 Å². The second-order valence-electron chi connectivity index (χ2n) is 5.09. The van der Waals surface area contributed by atoms with Gasteiger partial charge in [-0.1, -0.05) is 36.4 Å². The van der Waals surface area contributed by atoms with Crippen molar-refractivity contribution in [1.29, 1.82) is 0 Å². The number of hydrogen-bond donors (Lipinski definition) is 1. The van der Waals surface area contributed by atoms with Crippen molar-refractivity contribution in [2.45, 2.75) is 19.4 Å². The van der Waals surface area contributed by atoms with Crippen molar-refractivity contribution in [3.05, 3.63) is 70.4 Å². The van der Waals surface area contributed by atoms with E-state index in [1.807, 2.05) is 17.5 Å². The number of carbonyl (C=O) groups excluding carboxylic acids is 1. The molecule has 1 heterocycles. The summed E-state index contributed by atoms with van der Waals surface area (Å²) in [6.07, 6.45) is 1.36. The first-order valence-electron chi connectivity index (χ1n) is 7.07. The summed E-state index contributed by atoms with van der Waals surface area (Å²) in [5, 5.41) is 9.57. The van der Waals surface area contributed by atoms with Gasteiger partial charge in [-0.3, -0.25) is 4.79 Å². The molecule has 2 aromatic carbocycles. The van der Waals surface area contributed by atoms with Crippen LogP contribution in [-0.4, -0.2) is 5.91 Å². The monoisotopic (exact) mass is 295 g/mol. The summed E-state index contributed by atoms with van der Waals surface area (Å²) < 4.78 is 0. The van der Waals surface area contributed by atoms with Crippen molar-refractivity contribution in [3.8, 4) is 0 Å². The average molecular weight is 295 g/mol. The zero-order chi connectivity index (χ0) is 14.5. The summed E-state index contributed by atoms with van der Waals surface area (Å²) in [6.45, 7) is 0.591. The van der Waals surface area contributed by atoms with E-state index in [4.69, 9.17) is 0 Å². The molecule has 0 radical (unpaired) electrons. The normalized spacial score (nSPS) is 10.7. The van der Waals surface area contributed by atoms with Crippen LogP contribution in [0.25, 0.3) is 10.8 Å². The molecule has 0 fully saturated rings. The molecule has 0 aliphatic rings. The van der Waals surface area contributed by atoms with Crippen LogP contribution in [-0.2, 0) is 17.8 Å². The van der Waals surface area contributed by atoms with Gasteiger partial charge >= 0.3 is 0 Å². The highest BCUT2D eigenvalue weighted by Crippen LogP contribution is 2.15. The van der Waals surface area contributed by atoms with E-state index in [0.717, 1.165) is 12.0 Å². The van der Waals surface area contributed by atoms with Gasteiger partial charge in [0.2, 0.25) is 5.91 Å². The van der Waals surface area contributed by atoms with Crippen LogP contribution < -0.4 is 5.32 Å². The summed E-state index contributed by atoms with van der Waals surface area (Å²) in [5.41, 5.74) is 2.37. The number of rotatable bonds is 5. The minimum absolute atomic E-state index is 0.106. The van der Waals surface area contributed by atoms with Gasteiger partial charge in [0.1, 0.15) is 0 Å². The van der Waals surface area contributed by atoms with Gasteiger partial charge in [0.15, 0.2) is 0 Å². The van der Waals surface area contributed by atoms with Crippen molar-refractivity contribution < 1.29 is 4.79 Å². The third kappa shape index (κ3) is 3.70. The van der Waals surface area contributed by atoms with E-state index in [1.165, 1.54) is 16.3 Å². The Hall–Kier alpha value is -2.13. The summed E-state index contributed by atoms with van der Waals surface area (Å²) in [5.74, 6) is 0.106. The maximum atomic E-state index is 11.9. The fourth-order valence-electron chi connectivity index (χ4n) is 2.33. The quantitative estimate of drug-likeness (QED) is 0.752. The largest absolute Gasteiger partial charge is 0.352 e. The molecule has 0 spiro atoms. The first kappa shape index (κ1) is 13.8. The van der Waals surface area contributed by atoms with Crippen LogP contribution in [0.1, 0.15) is 17.5 Å². The van der Waals surface area contributed by atoms with Gasteiger partial charge in [0, 0.05) is 13.0 Å². The Balaban J connectivity index is 1.54. The molecule has 0 aliphatic carbocycles. The van der Waals surface area contributed by atoms with Crippen LogP contribution in [0.15, 0.2) is 59.3 Å². The van der Waals surface area contributed by atoms with Crippen molar-refractivity contribution in [2.75, 3.05) is 0 Å². The van der Waals surface area contributed by atoms with Gasteiger partial charge < -0.3 is 5.32 Å². The Morgan fingerprint density at radius 1 is 1.00 bits per heavy atom. The van der Waals surface area contributed by atoms with E-state index in [1.54, 1.807) is 11.3 Å². The molecule has 0 bridgehead atoms. The smallest absolute Gasteiger partial charge is 0.220 e. The highest BCUT2D eigenvalue weighted by atomic mass is 32.1. The van der Waals surface area contributed by atoms with E-state index in [2.05, 4.69) is 47.1 Å². The molecule has 0 atom stereocenters. The summed E-state index contributed by atoms with van der Waals surface area (Å²) >= 11 is 1.67. The third-order valence-corrected chi connectivity index (χ3v) is 4.26. The molecule has 2 nitrogen and oxygen atoms in total. The molecule has 3 heteroatoms. The van der Waals surface area contributed by atoms with Crippen LogP contribution in [0.5, 0.6) is 0 Å². The van der Waals surface area contributed by atoms with E-state index in [0.29, 0.717) is 13.0 Å². The molecule has 0 saturated heterocycles. The lowest BCUT2D eigenvalue weighted by Gasteiger charge is -2.06. The first-order valence-corrected chi connectivity index (χ1v) is 8.01. The molecule has 3 aromatic rings. The Bertz CT molecular complexity index is 734. The van der Waals surface area contributed by atoms with Crippen molar-refractivity contribution in [3.63, 3.8) is 0 Å². The lowest BCUT2D eigenvalue weighted by Crippen LogP contribution is -2.22. The number of carbonyl (C=O) groups is 1. The second kappa shape index (κ2) is 6.55. The molecule has 3 rings (SSSR count). The lowest BCUT2D eigenvalue weighted by molar-refractivity contribution is -0.121. The Labute approximate surface area is 128 Å². The number of benzene rings is 2. The van der Waals surface area contributed by atoms with Crippen molar-refractivity contribution in [2.24, 2.45) is 0 Å². The molecular weight excluding hydrogens is 278 g/mol. The van der Waals surface area contributed by atoms with Crippen molar-refractivity contribution >= 4 is 28.0 Å². The zero-order valence-corrected chi connectivity index (χ0v) is 12.5. The molecule has 0 aliphatic heterocycles. The number of thiophene rings is 1. The molecular formula is C18H17NOS. The minimum atomic E-state index is 0.106. The molecule has 106 valence electrons. The number of amides is 1. The molecule has 0 saturated carbocycles. The summed E-state index contributed by atoms with van der Waals surface area (Å²) in [6, 6.07) is 16.6. The van der Waals surface area contributed by atoms with Gasteiger partial charge in [-0.05, 0) is 51.2 Å². The van der Waals surface area contributed by atoms with Gasteiger partial charge in [0.05, 0.1) is 0 Å². The molecule has 21 heavy (non-hydrogen) atoms.